The quantitative estimate of drug-likeness (QED) is 0.423. The summed E-state index contributed by atoms with van der Waals surface area (Å²) >= 11 is 0. The van der Waals surface area contributed by atoms with E-state index < -0.39 is 5.91 Å². The van der Waals surface area contributed by atoms with Crippen LogP contribution >= 0.6 is 0 Å². The molecule has 1 aliphatic carbocycles. The van der Waals surface area contributed by atoms with Gasteiger partial charge in [-0.3, -0.25) is 19.8 Å². The van der Waals surface area contributed by atoms with Crippen LogP contribution in [0.3, 0.4) is 0 Å². The van der Waals surface area contributed by atoms with E-state index in [2.05, 4.69) is 20.4 Å². The number of nitrogens with one attached hydrogen (secondary N) is 2. The minimum absolute atomic E-state index is 0.0688. The molecule has 0 spiro atoms. The molecule has 2 aromatic heterocycles. The predicted octanol–water partition coefficient (Wildman–Crippen LogP) is 3.22. The summed E-state index contributed by atoms with van der Waals surface area (Å²) in [6.45, 7) is 0. The van der Waals surface area contributed by atoms with Crippen molar-refractivity contribution >= 4 is 11.8 Å². The summed E-state index contributed by atoms with van der Waals surface area (Å²) in [5.41, 5.74) is 2.63. The average molecular weight is 415 g/mol. The van der Waals surface area contributed by atoms with Crippen LogP contribution in [-0.4, -0.2) is 39.2 Å². The molecule has 0 aliphatic heterocycles. The van der Waals surface area contributed by atoms with E-state index >= 15 is 0 Å². The second-order valence-corrected chi connectivity index (χ2v) is 7.87. The molecule has 9 nitrogen and oxygen atoms in total. The molecule has 0 aromatic carbocycles. The molecule has 0 radical (unpaired) electrons. The zero-order valence-corrected chi connectivity index (χ0v) is 17.3. The van der Waals surface area contributed by atoms with Crippen LogP contribution in [-0.2, 0) is 4.79 Å². The van der Waals surface area contributed by atoms with Gasteiger partial charge in [0.1, 0.15) is 0 Å². The minimum atomic E-state index is -0.485. The second-order valence-electron chi connectivity index (χ2n) is 7.87. The maximum absolute atomic E-state index is 11.8. The number of amides is 2. The molecular formula is C21H29N5O4. The smallest absolute Gasteiger partial charge is 0.252 e. The molecule has 1 aliphatic rings. The molecule has 30 heavy (non-hydrogen) atoms. The van der Waals surface area contributed by atoms with Gasteiger partial charge in [-0.05, 0) is 18.4 Å². The summed E-state index contributed by atoms with van der Waals surface area (Å²) in [6, 6.07) is 1.64. The number of pyridine rings is 1. The van der Waals surface area contributed by atoms with E-state index in [1.54, 1.807) is 24.8 Å². The zero-order chi connectivity index (χ0) is 21.3. The molecule has 1 fully saturated rings. The van der Waals surface area contributed by atoms with Crippen LogP contribution in [0.2, 0.25) is 0 Å². The van der Waals surface area contributed by atoms with Crippen molar-refractivity contribution in [2.75, 3.05) is 7.05 Å². The van der Waals surface area contributed by atoms with Crippen LogP contribution in [0.1, 0.15) is 80.0 Å². The number of aromatic nitrogens is 3. The Bertz CT molecular complexity index is 847. The van der Waals surface area contributed by atoms with Crippen molar-refractivity contribution in [1.29, 1.82) is 0 Å². The first-order valence-corrected chi connectivity index (χ1v) is 10.5. The first-order valence-electron chi connectivity index (χ1n) is 10.5. The van der Waals surface area contributed by atoms with Crippen LogP contribution in [0.5, 0.6) is 0 Å². The average Bonchev–Trinajstić information content (AvgIpc) is 3.29. The van der Waals surface area contributed by atoms with E-state index in [1.165, 1.54) is 38.3 Å². The number of hydrogen-bond acceptors (Lipinski definition) is 7. The van der Waals surface area contributed by atoms with E-state index in [9.17, 15) is 9.59 Å². The third-order valence-corrected chi connectivity index (χ3v) is 5.72. The Hall–Kier alpha value is -2.81. The minimum Gasteiger partial charge on any atom is -0.355 e. The largest absolute Gasteiger partial charge is 0.355 e. The first-order chi connectivity index (χ1) is 14.6. The highest BCUT2D eigenvalue weighted by Crippen LogP contribution is 2.31. The third kappa shape index (κ3) is 5.85. The normalized spacial score (nSPS) is 15.5. The number of carbonyl (C=O) groups excluding carboxylic acids is 2. The predicted molar refractivity (Wildman–Crippen MR) is 109 cm³/mol. The van der Waals surface area contributed by atoms with Gasteiger partial charge in [0.25, 0.3) is 5.91 Å². The summed E-state index contributed by atoms with van der Waals surface area (Å²) in [7, 11) is 1.55. The highest BCUT2D eigenvalue weighted by Gasteiger charge is 2.24. The number of carbonyl (C=O) groups is 2. The van der Waals surface area contributed by atoms with Gasteiger partial charge in [-0.1, -0.05) is 50.1 Å². The van der Waals surface area contributed by atoms with E-state index in [1.807, 2.05) is 0 Å². The molecule has 3 N–H and O–H groups in total. The zero-order valence-electron chi connectivity index (χ0n) is 17.3. The summed E-state index contributed by atoms with van der Waals surface area (Å²) < 4.78 is 5.44. The number of nitrogens with zero attached hydrogens (tertiary/aromatic N) is 3. The van der Waals surface area contributed by atoms with Gasteiger partial charge >= 0.3 is 0 Å². The molecule has 2 heterocycles. The van der Waals surface area contributed by atoms with Crippen molar-refractivity contribution in [2.45, 2.75) is 63.7 Å². The van der Waals surface area contributed by atoms with Gasteiger partial charge in [0.15, 0.2) is 0 Å². The Kier molecular flexibility index (Phi) is 7.89. The molecule has 0 bridgehead atoms. The summed E-state index contributed by atoms with van der Waals surface area (Å²) in [5, 5.41) is 15.5. The first kappa shape index (κ1) is 21.9. The van der Waals surface area contributed by atoms with Crippen LogP contribution in [0.15, 0.2) is 23.0 Å². The second kappa shape index (κ2) is 10.8. The van der Waals surface area contributed by atoms with Crippen molar-refractivity contribution in [3.8, 4) is 11.4 Å². The third-order valence-electron chi connectivity index (χ3n) is 5.72. The SMILES string of the molecule is CNC(=O)c1cncc(-c2noc([C@@H](CCCC3CCCCC3)CC(=O)NO)n2)c1. The van der Waals surface area contributed by atoms with Gasteiger partial charge in [-0.25, -0.2) is 5.48 Å². The van der Waals surface area contributed by atoms with Crippen molar-refractivity contribution in [3.05, 3.63) is 29.9 Å². The molecule has 3 rings (SSSR count). The Morgan fingerprint density at radius 2 is 2.07 bits per heavy atom. The highest BCUT2D eigenvalue weighted by molar-refractivity contribution is 5.94. The van der Waals surface area contributed by atoms with Gasteiger partial charge in [0, 0.05) is 37.3 Å². The topological polar surface area (TPSA) is 130 Å². The summed E-state index contributed by atoms with van der Waals surface area (Å²) in [5.74, 6) is 0.390. The monoisotopic (exact) mass is 415 g/mol. The molecular weight excluding hydrogens is 386 g/mol. The lowest BCUT2D eigenvalue weighted by molar-refractivity contribution is -0.129. The van der Waals surface area contributed by atoms with Crippen molar-refractivity contribution in [2.24, 2.45) is 5.92 Å². The van der Waals surface area contributed by atoms with Gasteiger partial charge in [0.05, 0.1) is 5.56 Å². The Labute approximate surface area is 175 Å². The lowest BCUT2D eigenvalue weighted by Crippen LogP contribution is -2.21. The number of hydroxylamine groups is 1. The molecule has 1 saturated carbocycles. The van der Waals surface area contributed by atoms with Gasteiger partial charge < -0.3 is 9.84 Å². The maximum Gasteiger partial charge on any atom is 0.252 e. The Morgan fingerprint density at radius 1 is 1.27 bits per heavy atom. The lowest BCUT2D eigenvalue weighted by Gasteiger charge is -2.22. The van der Waals surface area contributed by atoms with Crippen LogP contribution in [0.4, 0.5) is 0 Å². The fourth-order valence-electron chi connectivity index (χ4n) is 4.06. The van der Waals surface area contributed by atoms with E-state index in [0.717, 1.165) is 25.2 Å². The summed E-state index contributed by atoms with van der Waals surface area (Å²) in [4.78, 5) is 32.1. The van der Waals surface area contributed by atoms with Crippen molar-refractivity contribution in [1.82, 2.24) is 25.9 Å². The van der Waals surface area contributed by atoms with Crippen molar-refractivity contribution in [3.63, 3.8) is 0 Å². The van der Waals surface area contributed by atoms with E-state index in [4.69, 9.17) is 9.73 Å². The molecule has 0 unspecified atom stereocenters. The molecule has 1 atom stereocenters. The Morgan fingerprint density at radius 3 is 2.80 bits per heavy atom. The van der Waals surface area contributed by atoms with Crippen LogP contribution < -0.4 is 10.8 Å². The molecule has 9 heteroatoms. The molecule has 0 saturated heterocycles. The Balaban J connectivity index is 1.70. The van der Waals surface area contributed by atoms with Gasteiger partial charge in [-0.15, -0.1) is 0 Å². The molecule has 162 valence electrons. The van der Waals surface area contributed by atoms with Crippen LogP contribution in [0, 0.1) is 5.92 Å². The fraction of sp³-hybridized carbons (Fsp3) is 0.571. The van der Waals surface area contributed by atoms with E-state index in [-0.39, 0.29) is 18.2 Å². The maximum atomic E-state index is 11.8. The van der Waals surface area contributed by atoms with Crippen LogP contribution in [0.25, 0.3) is 11.4 Å². The fourth-order valence-corrected chi connectivity index (χ4v) is 4.06. The number of hydrogen-bond donors (Lipinski definition) is 3. The summed E-state index contributed by atoms with van der Waals surface area (Å²) in [6.07, 6.45) is 12.4. The molecule has 2 aromatic rings. The van der Waals surface area contributed by atoms with Gasteiger partial charge in [0.2, 0.25) is 17.6 Å². The number of rotatable bonds is 9. The van der Waals surface area contributed by atoms with Gasteiger partial charge in [-0.2, -0.15) is 4.98 Å². The highest BCUT2D eigenvalue weighted by atomic mass is 16.5. The molecule has 2 amide bonds. The van der Waals surface area contributed by atoms with Crippen molar-refractivity contribution < 1.29 is 19.3 Å². The lowest BCUT2D eigenvalue weighted by atomic mass is 9.84. The standard InChI is InChI=1S/C21H29N5O4/c1-22-20(28)17-10-16(12-23-13-17)19-24-21(30-26-19)15(11-18(27)25-29)9-5-8-14-6-3-2-4-7-14/h10,12-15,29H,2-9,11H2,1H3,(H,22,28)(H,25,27)/t15-/m0/s1. The van der Waals surface area contributed by atoms with E-state index in [0.29, 0.717) is 22.8 Å².